The average Bonchev–Trinajstić information content (AvgIpc) is 2.79. The van der Waals surface area contributed by atoms with Crippen LogP contribution < -0.4 is 5.73 Å². The first-order valence-corrected chi connectivity index (χ1v) is 6.79. The highest BCUT2D eigenvalue weighted by atomic mass is 16.5. The predicted octanol–water partition coefficient (Wildman–Crippen LogP) is 0.0453. The van der Waals surface area contributed by atoms with E-state index >= 15 is 0 Å². The number of hydrogen-bond donors (Lipinski definition) is 1. The van der Waals surface area contributed by atoms with Crippen LogP contribution in [0.25, 0.3) is 0 Å². The normalized spacial score (nSPS) is 33.1. The fourth-order valence-corrected chi connectivity index (χ4v) is 3.17. The predicted molar refractivity (Wildman–Crippen MR) is 70.2 cm³/mol. The van der Waals surface area contributed by atoms with Gasteiger partial charge in [-0.25, -0.2) is 0 Å². The highest BCUT2D eigenvalue weighted by Gasteiger charge is 2.44. The number of nitrogens with zero attached hydrogens (tertiary/aromatic N) is 2. The molecule has 2 N–H and O–H groups in total. The lowest BCUT2D eigenvalue weighted by Crippen LogP contribution is -2.68. The molecule has 0 radical (unpaired) electrons. The third-order valence-corrected chi connectivity index (χ3v) is 4.09. The number of rotatable bonds is 3. The first-order valence-electron chi connectivity index (χ1n) is 6.79. The summed E-state index contributed by atoms with van der Waals surface area (Å²) in [6.45, 7) is 7.13. The molecule has 2 aliphatic heterocycles. The van der Waals surface area contributed by atoms with Gasteiger partial charge >= 0.3 is 0 Å². The molecule has 0 saturated carbocycles. The Morgan fingerprint density at radius 1 is 1.50 bits per heavy atom. The molecule has 0 aromatic carbocycles. The molecule has 2 rings (SSSR count). The van der Waals surface area contributed by atoms with Gasteiger partial charge < -0.3 is 15.4 Å². The van der Waals surface area contributed by atoms with Gasteiger partial charge in [0, 0.05) is 38.8 Å². The fourth-order valence-electron chi connectivity index (χ4n) is 3.17. The van der Waals surface area contributed by atoms with Crippen molar-refractivity contribution < 1.29 is 9.53 Å². The number of carbonyl (C=O) groups is 1. The van der Waals surface area contributed by atoms with Crippen molar-refractivity contribution in [2.45, 2.75) is 44.4 Å². The van der Waals surface area contributed by atoms with Crippen LogP contribution in [0, 0.1) is 0 Å². The standard InChI is InChI=1S/C13H25N3O2/c1-13(2)9-15(3)12(17)11(7-14)16(13)8-10-5-4-6-18-10/h10-11H,4-9,14H2,1-3H3. The lowest BCUT2D eigenvalue weighted by Gasteiger charge is -2.50. The summed E-state index contributed by atoms with van der Waals surface area (Å²) < 4.78 is 5.70. The summed E-state index contributed by atoms with van der Waals surface area (Å²) >= 11 is 0. The van der Waals surface area contributed by atoms with Gasteiger partial charge in [-0.15, -0.1) is 0 Å². The molecule has 1 amide bonds. The van der Waals surface area contributed by atoms with Crippen molar-refractivity contribution in [1.29, 1.82) is 0 Å². The minimum Gasteiger partial charge on any atom is -0.377 e. The van der Waals surface area contributed by atoms with Gasteiger partial charge in [-0.2, -0.15) is 0 Å². The molecule has 5 heteroatoms. The number of ether oxygens (including phenoxy) is 1. The lowest BCUT2D eigenvalue weighted by atomic mass is 9.93. The van der Waals surface area contributed by atoms with Crippen LogP contribution >= 0.6 is 0 Å². The Balaban J connectivity index is 2.13. The van der Waals surface area contributed by atoms with E-state index in [1.54, 1.807) is 4.90 Å². The van der Waals surface area contributed by atoms with Gasteiger partial charge in [0.2, 0.25) is 5.91 Å². The van der Waals surface area contributed by atoms with E-state index in [-0.39, 0.29) is 23.6 Å². The number of amides is 1. The van der Waals surface area contributed by atoms with Gasteiger partial charge in [-0.1, -0.05) is 0 Å². The minimum atomic E-state index is -0.206. The number of piperazine rings is 1. The smallest absolute Gasteiger partial charge is 0.241 e. The fraction of sp³-hybridized carbons (Fsp3) is 0.923. The second-order valence-electron chi connectivity index (χ2n) is 6.05. The van der Waals surface area contributed by atoms with E-state index in [0.29, 0.717) is 6.54 Å². The summed E-state index contributed by atoms with van der Waals surface area (Å²) in [6.07, 6.45) is 2.48. The molecule has 0 aromatic rings. The van der Waals surface area contributed by atoms with Crippen LogP contribution in [-0.2, 0) is 9.53 Å². The molecule has 0 spiro atoms. The van der Waals surface area contributed by atoms with Crippen LogP contribution in [0.5, 0.6) is 0 Å². The van der Waals surface area contributed by atoms with Crippen LogP contribution in [0.2, 0.25) is 0 Å². The Labute approximate surface area is 109 Å². The van der Waals surface area contributed by atoms with Crippen molar-refractivity contribution in [2.24, 2.45) is 5.73 Å². The van der Waals surface area contributed by atoms with E-state index in [1.807, 2.05) is 7.05 Å². The maximum Gasteiger partial charge on any atom is 0.241 e. The highest BCUT2D eigenvalue weighted by Crippen LogP contribution is 2.27. The molecule has 104 valence electrons. The summed E-state index contributed by atoms with van der Waals surface area (Å²) in [5, 5.41) is 0. The molecule has 0 aliphatic carbocycles. The van der Waals surface area contributed by atoms with Crippen LogP contribution in [0.4, 0.5) is 0 Å². The topological polar surface area (TPSA) is 58.8 Å². The second kappa shape index (κ2) is 5.15. The maximum atomic E-state index is 12.2. The molecule has 2 atom stereocenters. The first kappa shape index (κ1) is 13.8. The quantitative estimate of drug-likeness (QED) is 0.774. The Hall–Kier alpha value is -0.650. The Morgan fingerprint density at radius 2 is 2.22 bits per heavy atom. The molecule has 2 unspecified atom stereocenters. The van der Waals surface area contributed by atoms with Crippen molar-refractivity contribution in [1.82, 2.24) is 9.80 Å². The number of carbonyl (C=O) groups excluding carboxylic acids is 1. The zero-order chi connectivity index (χ0) is 13.3. The molecular formula is C13H25N3O2. The zero-order valence-corrected chi connectivity index (χ0v) is 11.7. The summed E-state index contributed by atoms with van der Waals surface area (Å²) in [5.41, 5.74) is 5.77. The van der Waals surface area contributed by atoms with E-state index in [4.69, 9.17) is 10.5 Å². The van der Waals surface area contributed by atoms with Gasteiger partial charge in [0.25, 0.3) is 0 Å². The van der Waals surface area contributed by atoms with E-state index in [9.17, 15) is 4.79 Å². The highest BCUT2D eigenvalue weighted by molar-refractivity contribution is 5.83. The molecular weight excluding hydrogens is 230 g/mol. The van der Waals surface area contributed by atoms with Crippen LogP contribution in [0.1, 0.15) is 26.7 Å². The largest absolute Gasteiger partial charge is 0.377 e. The minimum absolute atomic E-state index is 0.0430. The summed E-state index contributed by atoms with van der Waals surface area (Å²) in [6, 6.07) is -0.206. The van der Waals surface area contributed by atoms with Gasteiger partial charge in [0.15, 0.2) is 0 Å². The van der Waals surface area contributed by atoms with Gasteiger partial charge in [-0.05, 0) is 26.7 Å². The average molecular weight is 255 g/mol. The Bertz CT molecular complexity index is 313. The van der Waals surface area contributed by atoms with Crippen molar-refractivity contribution >= 4 is 5.91 Å². The third kappa shape index (κ3) is 2.53. The summed E-state index contributed by atoms with van der Waals surface area (Å²) in [7, 11) is 1.86. The molecule has 0 aromatic heterocycles. The SMILES string of the molecule is CN1CC(C)(C)N(CC2CCCO2)C(CN)C1=O. The molecule has 2 fully saturated rings. The van der Waals surface area contributed by atoms with Crippen molar-refractivity contribution in [3.63, 3.8) is 0 Å². The van der Waals surface area contributed by atoms with Crippen molar-refractivity contribution in [2.75, 3.05) is 33.3 Å². The lowest BCUT2D eigenvalue weighted by molar-refractivity contribution is -0.149. The van der Waals surface area contributed by atoms with Gasteiger partial charge in [0.1, 0.15) is 6.04 Å². The Kier molecular flexibility index (Phi) is 3.94. The maximum absolute atomic E-state index is 12.2. The molecule has 0 bridgehead atoms. The van der Waals surface area contributed by atoms with Crippen molar-refractivity contribution in [3.05, 3.63) is 0 Å². The number of nitrogens with two attached hydrogens (primary N) is 1. The van der Waals surface area contributed by atoms with Crippen LogP contribution in [0.3, 0.4) is 0 Å². The van der Waals surface area contributed by atoms with Crippen LogP contribution in [0.15, 0.2) is 0 Å². The first-order chi connectivity index (χ1) is 8.45. The van der Waals surface area contributed by atoms with E-state index < -0.39 is 0 Å². The summed E-state index contributed by atoms with van der Waals surface area (Å²) in [4.78, 5) is 16.2. The van der Waals surface area contributed by atoms with Crippen LogP contribution in [-0.4, -0.2) is 66.7 Å². The molecule has 18 heavy (non-hydrogen) atoms. The third-order valence-electron chi connectivity index (χ3n) is 4.09. The number of likely N-dealkylation sites (N-methyl/N-ethyl adjacent to an activating group) is 1. The van der Waals surface area contributed by atoms with E-state index in [1.165, 1.54) is 0 Å². The Morgan fingerprint density at radius 3 is 2.78 bits per heavy atom. The molecule has 5 nitrogen and oxygen atoms in total. The molecule has 2 heterocycles. The monoisotopic (exact) mass is 255 g/mol. The molecule has 2 saturated heterocycles. The van der Waals surface area contributed by atoms with Gasteiger partial charge in [-0.3, -0.25) is 9.69 Å². The number of hydrogen-bond acceptors (Lipinski definition) is 4. The van der Waals surface area contributed by atoms with Crippen molar-refractivity contribution in [3.8, 4) is 0 Å². The second-order valence-corrected chi connectivity index (χ2v) is 6.05. The molecule has 2 aliphatic rings. The van der Waals surface area contributed by atoms with E-state index in [0.717, 1.165) is 32.5 Å². The van der Waals surface area contributed by atoms with E-state index in [2.05, 4.69) is 18.7 Å². The zero-order valence-electron chi connectivity index (χ0n) is 11.7. The van der Waals surface area contributed by atoms with Gasteiger partial charge in [0.05, 0.1) is 6.10 Å². The summed E-state index contributed by atoms with van der Waals surface area (Å²) in [5.74, 6) is 0.134.